The topological polar surface area (TPSA) is 87.3 Å². The highest BCUT2D eigenvalue weighted by Gasteiger charge is 2.53. The van der Waals surface area contributed by atoms with Crippen molar-refractivity contribution in [3.05, 3.63) is 59.9 Å². The van der Waals surface area contributed by atoms with Gasteiger partial charge < -0.3 is 19.9 Å². The fourth-order valence-electron chi connectivity index (χ4n) is 5.16. The number of methoxy groups -OCH3 is 1. The Morgan fingerprint density at radius 3 is 2.97 bits per heavy atom. The van der Waals surface area contributed by atoms with Crippen LogP contribution in [0.1, 0.15) is 37.1 Å². The lowest BCUT2D eigenvalue weighted by Crippen LogP contribution is -2.47. The predicted molar refractivity (Wildman–Crippen MR) is 121 cm³/mol. The van der Waals surface area contributed by atoms with Crippen molar-refractivity contribution in [2.45, 2.75) is 43.6 Å². The number of ether oxygens (including phenoxy) is 1. The summed E-state index contributed by atoms with van der Waals surface area (Å²) in [5.41, 5.74) is 2.16. The van der Waals surface area contributed by atoms with Crippen molar-refractivity contribution < 1.29 is 14.3 Å². The second kappa shape index (κ2) is 8.30. The molecule has 0 saturated carbocycles. The van der Waals surface area contributed by atoms with Crippen molar-refractivity contribution in [2.75, 3.05) is 20.2 Å². The van der Waals surface area contributed by atoms with E-state index in [4.69, 9.17) is 4.74 Å². The van der Waals surface area contributed by atoms with Gasteiger partial charge in [-0.05, 0) is 49.1 Å². The van der Waals surface area contributed by atoms with Gasteiger partial charge in [0.05, 0.1) is 23.6 Å². The summed E-state index contributed by atoms with van der Waals surface area (Å²) < 4.78 is 5.40. The van der Waals surface area contributed by atoms with Gasteiger partial charge >= 0.3 is 0 Å². The van der Waals surface area contributed by atoms with Crippen LogP contribution in [0.5, 0.6) is 5.75 Å². The average Bonchev–Trinajstić information content (AvgIpc) is 3.50. The number of carbonyl (C=O) groups is 2. The molecule has 0 aliphatic carbocycles. The summed E-state index contributed by atoms with van der Waals surface area (Å²) in [7, 11) is 1.63. The standard InChI is InChI=1S/C25H28N4O3/c1-32-19-7-4-6-17(14-19)25(15-18-11-12-23(30)29(18)16-25)24(31)26-13-5-10-22-27-20-8-2-3-9-21(20)28-22/h2-4,6-9,14,18H,5,10-13,15-16H2,1H3,(H,26,31)(H,27,28)/t18-,25-/m0/s1. The Morgan fingerprint density at radius 1 is 1.28 bits per heavy atom. The van der Waals surface area contributed by atoms with E-state index in [-0.39, 0.29) is 17.9 Å². The summed E-state index contributed by atoms with van der Waals surface area (Å²) in [5, 5.41) is 3.15. The minimum atomic E-state index is -0.741. The van der Waals surface area contributed by atoms with E-state index in [1.807, 2.05) is 53.4 Å². The molecule has 1 aromatic heterocycles. The molecule has 0 unspecified atom stereocenters. The molecule has 166 valence electrons. The Kier molecular flexibility index (Phi) is 5.33. The van der Waals surface area contributed by atoms with Gasteiger partial charge in [-0.2, -0.15) is 0 Å². The number of aromatic amines is 1. The highest BCUT2D eigenvalue weighted by atomic mass is 16.5. The first-order valence-electron chi connectivity index (χ1n) is 11.2. The number of rotatable bonds is 7. The van der Waals surface area contributed by atoms with Gasteiger partial charge in [0.25, 0.3) is 0 Å². The van der Waals surface area contributed by atoms with Crippen LogP contribution in [0, 0.1) is 0 Å². The van der Waals surface area contributed by atoms with Gasteiger partial charge in [-0.25, -0.2) is 4.98 Å². The third kappa shape index (κ3) is 3.61. The highest BCUT2D eigenvalue weighted by Crippen LogP contribution is 2.43. The van der Waals surface area contributed by atoms with E-state index in [1.165, 1.54) is 0 Å². The first kappa shape index (κ1) is 20.5. The minimum Gasteiger partial charge on any atom is -0.497 e. The summed E-state index contributed by atoms with van der Waals surface area (Å²) in [4.78, 5) is 35.8. The molecule has 2 amide bonds. The molecule has 0 bridgehead atoms. The first-order chi connectivity index (χ1) is 15.6. The van der Waals surface area contributed by atoms with Gasteiger partial charge in [0.2, 0.25) is 11.8 Å². The van der Waals surface area contributed by atoms with E-state index in [0.717, 1.165) is 47.4 Å². The van der Waals surface area contributed by atoms with Gasteiger partial charge in [-0.3, -0.25) is 9.59 Å². The molecular formula is C25H28N4O3. The predicted octanol–water partition coefficient (Wildman–Crippen LogP) is 2.95. The summed E-state index contributed by atoms with van der Waals surface area (Å²) in [6.07, 6.45) is 3.60. The van der Waals surface area contributed by atoms with Crippen LogP contribution >= 0.6 is 0 Å². The Hall–Kier alpha value is -3.35. The monoisotopic (exact) mass is 432 g/mol. The Labute approximate surface area is 187 Å². The second-order valence-electron chi connectivity index (χ2n) is 8.79. The van der Waals surface area contributed by atoms with Crippen LogP contribution in [-0.2, 0) is 21.4 Å². The maximum Gasteiger partial charge on any atom is 0.232 e. The van der Waals surface area contributed by atoms with Crippen LogP contribution in [0.4, 0.5) is 0 Å². The zero-order valence-electron chi connectivity index (χ0n) is 18.3. The molecule has 2 atom stereocenters. The molecule has 7 nitrogen and oxygen atoms in total. The number of benzene rings is 2. The van der Waals surface area contributed by atoms with Gasteiger partial charge in [0.15, 0.2) is 0 Å². The lowest BCUT2D eigenvalue weighted by Gasteiger charge is -2.29. The number of H-pyrrole nitrogens is 1. The number of carbonyl (C=O) groups excluding carboxylic acids is 2. The average molecular weight is 433 g/mol. The molecule has 2 N–H and O–H groups in total. The lowest BCUT2D eigenvalue weighted by atomic mass is 9.76. The second-order valence-corrected chi connectivity index (χ2v) is 8.79. The summed E-state index contributed by atoms with van der Waals surface area (Å²) in [6.45, 7) is 0.985. The van der Waals surface area contributed by atoms with E-state index in [1.54, 1.807) is 7.11 Å². The quantitative estimate of drug-likeness (QED) is 0.562. The fraction of sp³-hybridized carbons (Fsp3) is 0.400. The Morgan fingerprint density at radius 2 is 2.16 bits per heavy atom. The molecule has 5 rings (SSSR count). The summed E-state index contributed by atoms with van der Waals surface area (Å²) >= 11 is 0. The number of amides is 2. The smallest absolute Gasteiger partial charge is 0.232 e. The van der Waals surface area contributed by atoms with Crippen LogP contribution < -0.4 is 10.1 Å². The maximum atomic E-state index is 13.5. The third-order valence-electron chi connectivity index (χ3n) is 6.85. The molecule has 2 aliphatic rings. The van der Waals surface area contributed by atoms with E-state index >= 15 is 0 Å². The van der Waals surface area contributed by atoms with Gasteiger partial charge in [0, 0.05) is 32.0 Å². The summed E-state index contributed by atoms with van der Waals surface area (Å²) in [6, 6.07) is 15.8. The van der Waals surface area contributed by atoms with Crippen molar-refractivity contribution in [1.29, 1.82) is 0 Å². The number of nitrogens with zero attached hydrogens (tertiary/aromatic N) is 2. The van der Waals surface area contributed by atoms with Crippen LogP contribution in [-0.4, -0.2) is 52.9 Å². The van der Waals surface area contributed by atoms with Crippen molar-refractivity contribution in [1.82, 2.24) is 20.2 Å². The largest absolute Gasteiger partial charge is 0.497 e. The van der Waals surface area contributed by atoms with Crippen molar-refractivity contribution in [3.8, 4) is 5.75 Å². The van der Waals surface area contributed by atoms with Crippen LogP contribution in [0.3, 0.4) is 0 Å². The number of aromatic nitrogens is 2. The molecule has 0 radical (unpaired) electrons. The fourth-order valence-corrected chi connectivity index (χ4v) is 5.16. The summed E-state index contributed by atoms with van der Waals surface area (Å²) in [5.74, 6) is 1.78. The molecule has 2 aliphatic heterocycles. The first-order valence-corrected chi connectivity index (χ1v) is 11.2. The molecule has 2 aromatic carbocycles. The molecule has 3 aromatic rings. The zero-order valence-corrected chi connectivity index (χ0v) is 18.3. The minimum absolute atomic E-state index is 0.0161. The highest BCUT2D eigenvalue weighted by molar-refractivity contribution is 5.91. The third-order valence-corrected chi connectivity index (χ3v) is 6.85. The number of imidazole rings is 1. The van der Waals surface area contributed by atoms with E-state index < -0.39 is 5.41 Å². The number of hydrogen-bond acceptors (Lipinski definition) is 4. The maximum absolute atomic E-state index is 13.5. The molecule has 2 fully saturated rings. The van der Waals surface area contributed by atoms with Gasteiger partial charge in [-0.15, -0.1) is 0 Å². The normalized spacial score (nSPS) is 22.3. The molecule has 3 heterocycles. The molecule has 7 heteroatoms. The van der Waals surface area contributed by atoms with Crippen molar-refractivity contribution in [2.24, 2.45) is 0 Å². The number of para-hydroxylation sites is 2. The molecule has 0 spiro atoms. The van der Waals surface area contributed by atoms with Gasteiger partial charge in [0.1, 0.15) is 11.6 Å². The van der Waals surface area contributed by atoms with E-state index in [9.17, 15) is 9.59 Å². The van der Waals surface area contributed by atoms with Crippen molar-refractivity contribution in [3.63, 3.8) is 0 Å². The SMILES string of the molecule is COc1cccc([C@]2(C(=O)NCCCc3nc4ccccc4[nH]3)C[C@@H]3CCC(=O)N3C2)c1. The Balaban J connectivity index is 1.29. The number of nitrogens with one attached hydrogen (secondary N) is 2. The molecule has 2 saturated heterocycles. The van der Waals surface area contributed by atoms with E-state index in [0.29, 0.717) is 25.9 Å². The number of fused-ring (bicyclic) bond motifs is 2. The molecule has 32 heavy (non-hydrogen) atoms. The zero-order chi connectivity index (χ0) is 22.1. The Bertz CT molecular complexity index is 1120. The van der Waals surface area contributed by atoms with Crippen LogP contribution in [0.15, 0.2) is 48.5 Å². The number of aryl methyl sites for hydroxylation is 1. The molecular weight excluding hydrogens is 404 g/mol. The van der Waals surface area contributed by atoms with Crippen LogP contribution in [0.2, 0.25) is 0 Å². The van der Waals surface area contributed by atoms with Gasteiger partial charge in [-0.1, -0.05) is 24.3 Å². The lowest BCUT2D eigenvalue weighted by molar-refractivity contribution is -0.129. The van der Waals surface area contributed by atoms with Crippen LogP contribution in [0.25, 0.3) is 11.0 Å². The van der Waals surface area contributed by atoms with E-state index in [2.05, 4.69) is 15.3 Å². The van der Waals surface area contributed by atoms with Crippen molar-refractivity contribution >= 4 is 22.8 Å². The number of hydrogen-bond donors (Lipinski definition) is 2.